The van der Waals surface area contributed by atoms with Gasteiger partial charge in [0.1, 0.15) is 0 Å². The number of hydrogen-bond acceptors (Lipinski definition) is 2. The number of anilines is 1. The first kappa shape index (κ1) is 11.1. The number of hydrogen-bond donors (Lipinski definition) is 2. The molecule has 1 atom stereocenters. The van der Waals surface area contributed by atoms with Crippen LogP contribution in [0.1, 0.15) is 17.9 Å². The maximum absolute atomic E-state index is 5.97. The Balaban J connectivity index is 2.14. The number of halogens is 1. The summed E-state index contributed by atoms with van der Waals surface area (Å²) in [4.78, 5) is 5.72. The van der Waals surface area contributed by atoms with Crippen molar-refractivity contribution in [2.45, 2.75) is 12.3 Å². The van der Waals surface area contributed by atoms with Gasteiger partial charge < -0.3 is 15.6 Å². The molecule has 17 heavy (non-hydrogen) atoms. The van der Waals surface area contributed by atoms with Crippen LogP contribution in [0.15, 0.2) is 22.8 Å². The van der Waals surface area contributed by atoms with Crippen molar-refractivity contribution < 1.29 is 0 Å². The topological polar surface area (TPSA) is 45.0 Å². The molecule has 1 aliphatic heterocycles. The molecule has 0 saturated carbocycles. The van der Waals surface area contributed by atoms with Crippen LogP contribution in [0.3, 0.4) is 0 Å². The lowest BCUT2D eigenvalue weighted by Gasteiger charge is -2.10. The molecule has 0 radical (unpaired) electrons. The third kappa shape index (κ3) is 1.76. The monoisotopic (exact) mass is 293 g/mol. The molecule has 0 spiro atoms. The van der Waals surface area contributed by atoms with Crippen molar-refractivity contribution in [1.29, 1.82) is 0 Å². The summed E-state index contributed by atoms with van der Waals surface area (Å²) < 4.78 is 1.03. The number of fused-ring (bicyclic) bond motifs is 1. The van der Waals surface area contributed by atoms with Crippen LogP contribution in [0, 0.1) is 0 Å². The number of aromatic nitrogens is 1. The molecule has 3 N–H and O–H groups in total. The largest absolute Gasteiger partial charge is 0.398 e. The highest BCUT2D eigenvalue weighted by atomic mass is 79.9. The molecule has 1 unspecified atom stereocenters. The molecule has 1 fully saturated rings. The number of benzene rings is 1. The van der Waals surface area contributed by atoms with Crippen molar-refractivity contribution >= 4 is 32.5 Å². The number of H-pyrrole nitrogens is 1. The third-order valence-electron chi connectivity index (χ3n) is 3.67. The molecular weight excluding hydrogens is 278 g/mol. The van der Waals surface area contributed by atoms with Crippen molar-refractivity contribution in [1.82, 2.24) is 9.88 Å². The van der Waals surface area contributed by atoms with Crippen molar-refractivity contribution in [3.8, 4) is 0 Å². The van der Waals surface area contributed by atoms with E-state index >= 15 is 0 Å². The quantitative estimate of drug-likeness (QED) is 0.794. The molecule has 3 nitrogen and oxygen atoms in total. The standard InChI is InChI=1S/C13H16BrN3/c1-17-5-4-8(7-17)9-6-16-11-3-2-10(15)13(14)12(9)11/h2-3,6,8,16H,4-5,7,15H2,1H3. The number of rotatable bonds is 1. The maximum Gasteiger partial charge on any atom is 0.0501 e. The highest BCUT2D eigenvalue weighted by molar-refractivity contribution is 9.10. The molecule has 2 heterocycles. The SMILES string of the molecule is CN1CCC(c2c[nH]c3ccc(N)c(Br)c23)C1. The third-order valence-corrected chi connectivity index (χ3v) is 4.53. The molecule has 0 bridgehead atoms. The van der Waals surface area contributed by atoms with Gasteiger partial charge in [-0.05, 0) is 59.6 Å². The zero-order chi connectivity index (χ0) is 12.0. The Hall–Kier alpha value is -1.00. The van der Waals surface area contributed by atoms with Gasteiger partial charge in [0.25, 0.3) is 0 Å². The van der Waals surface area contributed by atoms with Crippen LogP contribution in [0.25, 0.3) is 10.9 Å². The summed E-state index contributed by atoms with van der Waals surface area (Å²) in [5, 5.41) is 1.25. The van der Waals surface area contributed by atoms with E-state index < -0.39 is 0 Å². The summed E-state index contributed by atoms with van der Waals surface area (Å²) in [6.07, 6.45) is 3.36. The first-order valence-corrected chi connectivity index (χ1v) is 6.69. The summed E-state index contributed by atoms with van der Waals surface area (Å²) >= 11 is 3.61. The van der Waals surface area contributed by atoms with Crippen LogP contribution in [0.5, 0.6) is 0 Å². The fourth-order valence-corrected chi connectivity index (χ4v) is 3.31. The van der Waals surface area contributed by atoms with Gasteiger partial charge in [-0.25, -0.2) is 0 Å². The number of nitrogen functional groups attached to an aromatic ring is 1. The fraction of sp³-hybridized carbons (Fsp3) is 0.385. The summed E-state index contributed by atoms with van der Waals surface area (Å²) in [6.45, 7) is 2.31. The van der Waals surface area contributed by atoms with E-state index in [1.165, 1.54) is 23.9 Å². The molecular formula is C13H16BrN3. The highest BCUT2D eigenvalue weighted by Crippen LogP contribution is 2.37. The van der Waals surface area contributed by atoms with Gasteiger partial charge in [0.15, 0.2) is 0 Å². The Morgan fingerprint density at radius 2 is 2.29 bits per heavy atom. The number of nitrogens with two attached hydrogens (primary N) is 1. The average Bonchev–Trinajstić information content (AvgIpc) is 2.89. The summed E-state index contributed by atoms with van der Waals surface area (Å²) in [5.41, 5.74) is 9.33. The normalized spacial score (nSPS) is 21.4. The van der Waals surface area contributed by atoms with Gasteiger partial charge in [0.05, 0.1) is 4.47 Å². The number of aromatic amines is 1. The molecule has 0 aliphatic carbocycles. The smallest absolute Gasteiger partial charge is 0.0501 e. The molecule has 0 amide bonds. The average molecular weight is 294 g/mol. The van der Waals surface area contributed by atoms with E-state index in [0.717, 1.165) is 22.2 Å². The van der Waals surface area contributed by atoms with Crippen LogP contribution in [-0.4, -0.2) is 30.0 Å². The Morgan fingerprint density at radius 3 is 3.00 bits per heavy atom. The van der Waals surface area contributed by atoms with E-state index in [1.54, 1.807) is 0 Å². The second-order valence-corrected chi connectivity index (χ2v) is 5.68. The highest BCUT2D eigenvalue weighted by Gasteiger charge is 2.24. The number of nitrogens with one attached hydrogen (secondary N) is 1. The summed E-state index contributed by atoms with van der Waals surface area (Å²) in [5.74, 6) is 0.617. The first-order valence-electron chi connectivity index (χ1n) is 5.90. The van der Waals surface area contributed by atoms with E-state index in [2.05, 4.69) is 45.1 Å². The van der Waals surface area contributed by atoms with Gasteiger partial charge >= 0.3 is 0 Å². The van der Waals surface area contributed by atoms with Crippen LogP contribution in [0.4, 0.5) is 5.69 Å². The van der Waals surface area contributed by atoms with E-state index in [9.17, 15) is 0 Å². The van der Waals surface area contributed by atoms with Crippen LogP contribution >= 0.6 is 15.9 Å². The van der Waals surface area contributed by atoms with Gasteiger partial charge in [-0.1, -0.05) is 0 Å². The second kappa shape index (κ2) is 4.03. The van der Waals surface area contributed by atoms with Gasteiger partial charge in [-0.15, -0.1) is 0 Å². The maximum atomic E-state index is 5.97. The Morgan fingerprint density at radius 1 is 1.47 bits per heavy atom. The fourth-order valence-electron chi connectivity index (χ4n) is 2.73. The predicted molar refractivity (Wildman–Crippen MR) is 75.3 cm³/mol. The lowest BCUT2D eigenvalue weighted by atomic mass is 9.98. The van der Waals surface area contributed by atoms with Crippen molar-refractivity contribution in [3.63, 3.8) is 0 Å². The number of likely N-dealkylation sites (N-methyl/N-ethyl adjacent to an activating group) is 1. The molecule has 1 saturated heterocycles. The van der Waals surface area contributed by atoms with Crippen molar-refractivity contribution in [3.05, 3.63) is 28.4 Å². The second-order valence-electron chi connectivity index (χ2n) is 4.88. The van der Waals surface area contributed by atoms with E-state index in [-0.39, 0.29) is 0 Å². The summed E-state index contributed by atoms with van der Waals surface area (Å²) in [6, 6.07) is 3.99. The minimum absolute atomic E-state index is 0.617. The van der Waals surface area contributed by atoms with E-state index in [4.69, 9.17) is 5.73 Å². The summed E-state index contributed by atoms with van der Waals surface area (Å²) in [7, 11) is 2.18. The van der Waals surface area contributed by atoms with Crippen molar-refractivity contribution in [2.24, 2.45) is 0 Å². The molecule has 2 aromatic rings. The molecule has 3 rings (SSSR count). The Labute approximate surface area is 109 Å². The van der Waals surface area contributed by atoms with E-state index in [0.29, 0.717) is 5.92 Å². The minimum Gasteiger partial charge on any atom is -0.398 e. The molecule has 90 valence electrons. The molecule has 1 aromatic carbocycles. The zero-order valence-corrected chi connectivity index (χ0v) is 11.4. The van der Waals surface area contributed by atoms with Crippen LogP contribution in [-0.2, 0) is 0 Å². The number of likely N-dealkylation sites (tertiary alicyclic amines) is 1. The lowest BCUT2D eigenvalue weighted by Crippen LogP contribution is -2.13. The van der Waals surface area contributed by atoms with E-state index in [1.807, 2.05) is 6.07 Å². The molecule has 1 aromatic heterocycles. The zero-order valence-electron chi connectivity index (χ0n) is 9.83. The van der Waals surface area contributed by atoms with Gasteiger partial charge in [0, 0.05) is 29.3 Å². The number of nitrogens with zero attached hydrogens (tertiary/aromatic N) is 1. The molecule has 4 heteroatoms. The Bertz CT molecular complexity index is 561. The van der Waals surface area contributed by atoms with Crippen LogP contribution in [0.2, 0.25) is 0 Å². The molecule has 1 aliphatic rings. The Kier molecular flexibility index (Phi) is 2.64. The minimum atomic E-state index is 0.617. The predicted octanol–water partition coefficient (Wildman–Crippen LogP) is 2.93. The first-order chi connectivity index (χ1) is 8.16. The van der Waals surface area contributed by atoms with Crippen LogP contribution < -0.4 is 5.73 Å². The van der Waals surface area contributed by atoms with Gasteiger partial charge in [-0.2, -0.15) is 0 Å². The lowest BCUT2D eigenvalue weighted by molar-refractivity contribution is 0.412. The van der Waals surface area contributed by atoms with Gasteiger partial charge in [-0.3, -0.25) is 0 Å². The van der Waals surface area contributed by atoms with Crippen molar-refractivity contribution in [2.75, 3.05) is 25.9 Å². The van der Waals surface area contributed by atoms with Gasteiger partial charge in [0.2, 0.25) is 0 Å².